The molecule has 0 radical (unpaired) electrons. The van der Waals surface area contributed by atoms with Gasteiger partial charge in [-0.05, 0) is 29.7 Å². The molecule has 29 heavy (non-hydrogen) atoms. The maximum Gasteiger partial charge on any atom is 0.194 e. The molecule has 0 bridgehead atoms. The van der Waals surface area contributed by atoms with E-state index < -0.39 is 11.2 Å². The van der Waals surface area contributed by atoms with Crippen molar-refractivity contribution < 1.29 is 24.1 Å². The molecule has 1 aromatic carbocycles. The topological polar surface area (TPSA) is 84.2 Å². The van der Waals surface area contributed by atoms with Gasteiger partial charge in [-0.2, -0.15) is 5.26 Å². The van der Waals surface area contributed by atoms with Crippen LogP contribution in [-0.2, 0) is 30.8 Å². The lowest BCUT2D eigenvalue weighted by atomic mass is 9.54. The molecule has 3 heterocycles. The fraction of sp³-hybridized carbons (Fsp3) is 0.591. The zero-order valence-electron chi connectivity index (χ0n) is 16.2. The van der Waals surface area contributed by atoms with E-state index in [1.165, 1.54) is 0 Å². The van der Waals surface area contributed by atoms with Gasteiger partial charge in [0.25, 0.3) is 0 Å². The van der Waals surface area contributed by atoms with Crippen LogP contribution in [0.4, 0.5) is 5.69 Å². The van der Waals surface area contributed by atoms with Crippen LogP contribution in [0.25, 0.3) is 0 Å². The second kappa shape index (κ2) is 6.11. The molecule has 152 valence electrons. The Balaban J connectivity index is 1.45. The molecule has 2 saturated heterocycles. The SMILES string of the molecule is N#C[C@]12CCC3(OCCO3)C3=CO[C@H](Cc4cc(N5CCOCC5)c(O)cc41)[C@@H]32. The zero-order valence-corrected chi connectivity index (χ0v) is 16.2. The van der Waals surface area contributed by atoms with Gasteiger partial charge in [-0.25, -0.2) is 0 Å². The Morgan fingerprint density at radius 1 is 1.10 bits per heavy atom. The average Bonchev–Trinajstić information content (AvgIpc) is 3.40. The van der Waals surface area contributed by atoms with Crippen LogP contribution < -0.4 is 4.90 Å². The third-order valence-corrected chi connectivity index (χ3v) is 7.30. The van der Waals surface area contributed by atoms with Crippen molar-refractivity contribution in [3.05, 3.63) is 35.1 Å². The molecule has 6 rings (SSSR count). The largest absolute Gasteiger partial charge is 0.506 e. The van der Waals surface area contributed by atoms with E-state index in [0.717, 1.165) is 35.5 Å². The molecule has 5 aliphatic rings. The lowest BCUT2D eigenvalue weighted by Gasteiger charge is -2.49. The maximum atomic E-state index is 10.9. The van der Waals surface area contributed by atoms with Crippen LogP contribution in [0.2, 0.25) is 0 Å². The van der Waals surface area contributed by atoms with Crippen LogP contribution in [0, 0.1) is 17.2 Å². The molecule has 0 amide bonds. The van der Waals surface area contributed by atoms with Gasteiger partial charge in [0.2, 0.25) is 0 Å². The summed E-state index contributed by atoms with van der Waals surface area (Å²) < 4.78 is 23.6. The van der Waals surface area contributed by atoms with E-state index in [1.54, 1.807) is 6.26 Å². The summed E-state index contributed by atoms with van der Waals surface area (Å²) in [6, 6.07) is 6.51. The second-order valence-electron chi connectivity index (χ2n) is 8.56. The molecular formula is C22H24N2O5. The number of anilines is 1. The number of nitriles is 1. The van der Waals surface area contributed by atoms with Gasteiger partial charge in [-0.15, -0.1) is 0 Å². The lowest BCUT2D eigenvalue weighted by molar-refractivity contribution is -0.154. The van der Waals surface area contributed by atoms with Gasteiger partial charge in [0.05, 0.1) is 49.9 Å². The van der Waals surface area contributed by atoms with Gasteiger partial charge in [0, 0.05) is 37.4 Å². The molecule has 7 heteroatoms. The van der Waals surface area contributed by atoms with E-state index in [4.69, 9.17) is 18.9 Å². The highest BCUT2D eigenvalue weighted by Crippen LogP contribution is 2.60. The summed E-state index contributed by atoms with van der Waals surface area (Å²) in [4.78, 5) is 2.15. The minimum Gasteiger partial charge on any atom is -0.506 e. The molecule has 2 aliphatic carbocycles. The Kier molecular flexibility index (Phi) is 3.71. The van der Waals surface area contributed by atoms with Crippen LogP contribution in [0.15, 0.2) is 24.0 Å². The van der Waals surface area contributed by atoms with Crippen molar-refractivity contribution in [2.75, 3.05) is 44.4 Å². The van der Waals surface area contributed by atoms with Crippen LogP contribution in [0.5, 0.6) is 5.75 Å². The number of aromatic hydroxyl groups is 1. The van der Waals surface area contributed by atoms with Gasteiger partial charge < -0.3 is 29.0 Å². The Morgan fingerprint density at radius 2 is 1.90 bits per heavy atom. The van der Waals surface area contributed by atoms with Crippen molar-refractivity contribution in [3.8, 4) is 11.8 Å². The van der Waals surface area contributed by atoms with Crippen molar-refractivity contribution in [2.24, 2.45) is 5.92 Å². The number of hydrogen-bond acceptors (Lipinski definition) is 7. The third-order valence-electron chi connectivity index (χ3n) is 7.30. The first kappa shape index (κ1) is 17.6. The zero-order chi connectivity index (χ0) is 19.6. The number of ether oxygens (including phenoxy) is 4. The van der Waals surface area contributed by atoms with Gasteiger partial charge in [0.1, 0.15) is 11.9 Å². The normalized spacial score (nSPS) is 34.2. The molecule has 3 aliphatic heterocycles. The summed E-state index contributed by atoms with van der Waals surface area (Å²) in [5, 5.41) is 21.3. The number of rotatable bonds is 1. The first-order chi connectivity index (χ1) is 14.2. The van der Waals surface area contributed by atoms with Crippen LogP contribution in [0.3, 0.4) is 0 Å². The molecule has 3 fully saturated rings. The predicted octanol–water partition coefficient (Wildman–Crippen LogP) is 1.98. The molecule has 0 aromatic heterocycles. The highest BCUT2D eigenvalue weighted by atomic mass is 16.7. The molecule has 3 atom stereocenters. The fourth-order valence-corrected chi connectivity index (χ4v) is 5.98. The van der Waals surface area contributed by atoms with Crippen LogP contribution in [0.1, 0.15) is 24.0 Å². The Morgan fingerprint density at radius 3 is 2.66 bits per heavy atom. The van der Waals surface area contributed by atoms with E-state index in [-0.39, 0.29) is 17.8 Å². The molecule has 1 N–H and O–H groups in total. The second-order valence-corrected chi connectivity index (χ2v) is 8.56. The first-order valence-electron chi connectivity index (χ1n) is 10.4. The number of phenols is 1. The molecule has 7 nitrogen and oxygen atoms in total. The summed E-state index contributed by atoms with van der Waals surface area (Å²) in [5.74, 6) is -0.620. The van der Waals surface area contributed by atoms with Crippen LogP contribution in [-0.4, -0.2) is 56.5 Å². The summed E-state index contributed by atoms with van der Waals surface area (Å²) in [6.07, 6.45) is 3.61. The summed E-state index contributed by atoms with van der Waals surface area (Å²) in [5.41, 5.74) is 3.06. The molecule has 1 saturated carbocycles. The van der Waals surface area contributed by atoms with Gasteiger partial charge in [0.15, 0.2) is 5.79 Å². The Bertz CT molecular complexity index is 926. The maximum absolute atomic E-state index is 10.9. The molecule has 1 spiro atoms. The van der Waals surface area contributed by atoms with E-state index in [0.29, 0.717) is 45.7 Å². The number of nitrogens with zero attached hydrogens (tertiary/aromatic N) is 2. The Labute approximate surface area is 169 Å². The van der Waals surface area contributed by atoms with E-state index in [1.807, 2.05) is 6.07 Å². The predicted molar refractivity (Wildman–Crippen MR) is 102 cm³/mol. The highest BCUT2D eigenvalue weighted by molar-refractivity contribution is 5.65. The summed E-state index contributed by atoms with van der Waals surface area (Å²) >= 11 is 0. The number of hydrogen-bond donors (Lipinski definition) is 1. The van der Waals surface area contributed by atoms with Crippen molar-refractivity contribution in [3.63, 3.8) is 0 Å². The molecule has 1 aromatic rings. The van der Waals surface area contributed by atoms with Crippen molar-refractivity contribution >= 4 is 5.69 Å². The van der Waals surface area contributed by atoms with Gasteiger partial charge in [-0.3, -0.25) is 0 Å². The number of phenolic OH excluding ortho intramolecular Hbond substituents is 1. The van der Waals surface area contributed by atoms with Crippen molar-refractivity contribution in [2.45, 2.75) is 36.6 Å². The van der Waals surface area contributed by atoms with E-state index in [2.05, 4.69) is 17.0 Å². The van der Waals surface area contributed by atoms with Gasteiger partial charge >= 0.3 is 0 Å². The summed E-state index contributed by atoms with van der Waals surface area (Å²) in [6.45, 7) is 3.94. The van der Waals surface area contributed by atoms with E-state index in [9.17, 15) is 10.4 Å². The monoisotopic (exact) mass is 396 g/mol. The lowest BCUT2D eigenvalue weighted by Crippen LogP contribution is -2.54. The van der Waals surface area contributed by atoms with E-state index >= 15 is 0 Å². The quantitative estimate of drug-likeness (QED) is 0.777. The number of benzene rings is 1. The minimum absolute atomic E-state index is 0.107. The molecular weight excluding hydrogens is 372 g/mol. The van der Waals surface area contributed by atoms with Crippen LogP contribution >= 0.6 is 0 Å². The highest BCUT2D eigenvalue weighted by Gasteiger charge is 2.63. The van der Waals surface area contributed by atoms with Crippen molar-refractivity contribution in [1.29, 1.82) is 5.26 Å². The Hall–Kier alpha value is -2.27. The number of morpholine rings is 1. The molecule has 0 unspecified atom stereocenters. The average molecular weight is 396 g/mol. The standard InChI is InChI=1S/C22H24N2O5/c23-13-21-1-2-22(28-7-8-29-22)16-12-27-19(20(16)21)10-14-9-17(18(25)11-15(14)21)24-3-5-26-6-4-24/h9,11-12,19-20,25H,1-8,10H2/t19-,20-,21-/m1/s1. The third kappa shape index (κ3) is 2.28. The fourth-order valence-electron chi connectivity index (χ4n) is 5.98. The summed E-state index contributed by atoms with van der Waals surface area (Å²) in [7, 11) is 0. The first-order valence-corrected chi connectivity index (χ1v) is 10.4. The smallest absolute Gasteiger partial charge is 0.194 e. The number of fused-ring (bicyclic) bond motifs is 3. The van der Waals surface area contributed by atoms with Crippen molar-refractivity contribution in [1.82, 2.24) is 0 Å². The minimum atomic E-state index is -0.743. The van der Waals surface area contributed by atoms with Gasteiger partial charge in [-0.1, -0.05) is 0 Å².